The fraction of sp³-hybridized carbons (Fsp3) is 0.867. The number of carbonyl (C=O) groups excluding carboxylic acids is 2. The van der Waals surface area contributed by atoms with E-state index < -0.39 is 17.4 Å². The molecule has 0 heterocycles. The lowest BCUT2D eigenvalue weighted by Crippen LogP contribution is -2.59. The van der Waals surface area contributed by atoms with Gasteiger partial charge in [0.15, 0.2) is 0 Å². The van der Waals surface area contributed by atoms with Crippen LogP contribution in [0.15, 0.2) is 0 Å². The van der Waals surface area contributed by atoms with E-state index in [1.54, 1.807) is 0 Å². The number of aliphatic hydroxyl groups is 1. The van der Waals surface area contributed by atoms with Gasteiger partial charge in [0.2, 0.25) is 0 Å². The van der Waals surface area contributed by atoms with Crippen LogP contribution in [0, 0.1) is 11.3 Å². The zero-order valence-corrected chi connectivity index (χ0v) is 12.7. The first-order valence-electron chi connectivity index (χ1n) is 7.49. The second-order valence-corrected chi connectivity index (χ2v) is 7.49. The molecule has 2 saturated carbocycles. The molecule has 0 unspecified atom stereocenters. The van der Waals surface area contributed by atoms with E-state index in [0.29, 0.717) is 12.3 Å². The molecule has 2 rings (SSSR count). The molecule has 0 saturated heterocycles. The Morgan fingerprint density at radius 2 is 1.85 bits per heavy atom. The first-order chi connectivity index (χ1) is 9.25. The van der Waals surface area contributed by atoms with Crippen molar-refractivity contribution in [1.82, 2.24) is 10.6 Å². The van der Waals surface area contributed by atoms with Crippen LogP contribution >= 0.6 is 0 Å². The Hall–Kier alpha value is -1.10. The first-order valence-corrected chi connectivity index (χ1v) is 7.49. The summed E-state index contributed by atoms with van der Waals surface area (Å²) < 4.78 is 0. The number of rotatable bonds is 3. The van der Waals surface area contributed by atoms with Gasteiger partial charge in [-0.15, -0.1) is 0 Å². The van der Waals surface area contributed by atoms with Crippen molar-refractivity contribution in [2.45, 2.75) is 64.5 Å². The van der Waals surface area contributed by atoms with Crippen molar-refractivity contribution in [2.75, 3.05) is 6.61 Å². The molecule has 0 radical (unpaired) electrons. The van der Waals surface area contributed by atoms with Gasteiger partial charge >= 0.3 is 11.8 Å². The average Bonchev–Trinajstić information content (AvgIpc) is 3.09. The molecule has 2 amide bonds. The summed E-state index contributed by atoms with van der Waals surface area (Å²) in [6.07, 6.45) is 4.39. The van der Waals surface area contributed by atoms with Gasteiger partial charge in [0.25, 0.3) is 0 Å². The van der Waals surface area contributed by atoms with E-state index in [1.165, 1.54) is 0 Å². The third-order valence-electron chi connectivity index (χ3n) is 4.26. The summed E-state index contributed by atoms with van der Waals surface area (Å²) in [4.78, 5) is 23.8. The van der Waals surface area contributed by atoms with E-state index in [0.717, 1.165) is 25.7 Å². The summed E-state index contributed by atoms with van der Waals surface area (Å²) in [6, 6.07) is 0.167. The number of carbonyl (C=O) groups is 2. The molecule has 20 heavy (non-hydrogen) atoms. The molecule has 0 aromatic rings. The molecule has 2 aliphatic rings. The van der Waals surface area contributed by atoms with Crippen molar-refractivity contribution in [3.63, 3.8) is 0 Å². The van der Waals surface area contributed by atoms with Gasteiger partial charge in [0.05, 0.1) is 12.1 Å². The van der Waals surface area contributed by atoms with Crippen LogP contribution in [0.1, 0.15) is 52.9 Å². The maximum Gasteiger partial charge on any atom is 0.309 e. The van der Waals surface area contributed by atoms with Crippen LogP contribution in [-0.4, -0.2) is 35.1 Å². The minimum absolute atomic E-state index is 0.0562. The predicted octanol–water partition coefficient (Wildman–Crippen LogP) is 0.958. The molecule has 0 spiro atoms. The Morgan fingerprint density at radius 1 is 1.20 bits per heavy atom. The van der Waals surface area contributed by atoms with Gasteiger partial charge in [0, 0.05) is 6.04 Å². The standard InChI is InChI=1S/C15H26N2O3/c1-10-6-14(2,3)8-15(7-10,9-18)17-13(20)12(19)16-11-4-5-11/h10-11,18H,4-9H2,1-3H3,(H,16,19)(H,17,20)/t10-,15-/m1/s1. The summed E-state index contributed by atoms with van der Waals surface area (Å²) in [5, 5.41) is 15.3. The average molecular weight is 282 g/mol. The Bertz CT molecular complexity index is 404. The topological polar surface area (TPSA) is 78.4 Å². The van der Waals surface area contributed by atoms with E-state index in [4.69, 9.17) is 0 Å². The zero-order valence-electron chi connectivity index (χ0n) is 12.7. The molecule has 0 bridgehead atoms. The lowest BCUT2D eigenvalue weighted by molar-refractivity contribution is -0.141. The Kier molecular flexibility index (Phi) is 4.09. The lowest BCUT2D eigenvalue weighted by atomic mass is 9.64. The molecule has 114 valence electrons. The quantitative estimate of drug-likeness (QED) is 0.675. The first kappa shape index (κ1) is 15.3. The van der Waals surface area contributed by atoms with Crippen molar-refractivity contribution >= 4 is 11.8 Å². The molecule has 3 N–H and O–H groups in total. The largest absolute Gasteiger partial charge is 0.394 e. The third-order valence-corrected chi connectivity index (χ3v) is 4.26. The molecule has 0 aromatic heterocycles. The highest BCUT2D eigenvalue weighted by Crippen LogP contribution is 2.43. The van der Waals surface area contributed by atoms with Gasteiger partial charge in [0.1, 0.15) is 0 Å². The van der Waals surface area contributed by atoms with Crippen LogP contribution < -0.4 is 10.6 Å². The molecule has 2 aliphatic carbocycles. The number of aliphatic hydroxyl groups excluding tert-OH is 1. The second-order valence-electron chi connectivity index (χ2n) is 7.49. The molecule has 0 aliphatic heterocycles. The molecule has 0 aromatic carbocycles. The monoisotopic (exact) mass is 282 g/mol. The lowest BCUT2D eigenvalue weighted by Gasteiger charge is -2.47. The van der Waals surface area contributed by atoms with E-state index in [1.807, 2.05) is 0 Å². The summed E-state index contributed by atoms with van der Waals surface area (Å²) in [6.45, 7) is 6.29. The molecular formula is C15H26N2O3. The fourth-order valence-electron chi connectivity index (χ4n) is 3.77. The van der Waals surface area contributed by atoms with Gasteiger partial charge < -0.3 is 15.7 Å². The smallest absolute Gasteiger partial charge is 0.309 e. The maximum absolute atomic E-state index is 12.0. The van der Waals surface area contributed by atoms with E-state index >= 15 is 0 Å². The fourth-order valence-corrected chi connectivity index (χ4v) is 3.77. The molecule has 5 nitrogen and oxygen atoms in total. The van der Waals surface area contributed by atoms with Gasteiger partial charge in [-0.2, -0.15) is 0 Å². The van der Waals surface area contributed by atoms with Crippen LogP contribution in [0.3, 0.4) is 0 Å². The van der Waals surface area contributed by atoms with E-state index in [-0.39, 0.29) is 18.1 Å². The Morgan fingerprint density at radius 3 is 2.35 bits per heavy atom. The van der Waals surface area contributed by atoms with Gasteiger partial charge in [-0.1, -0.05) is 20.8 Å². The highest BCUT2D eigenvalue weighted by molar-refractivity contribution is 6.35. The minimum Gasteiger partial charge on any atom is -0.394 e. The van der Waals surface area contributed by atoms with Crippen molar-refractivity contribution < 1.29 is 14.7 Å². The van der Waals surface area contributed by atoms with Crippen molar-refractivity contribution in [3.8, 4) is 0 Å². The van der Waals surface area contributed by atoms with Crippen molar-refractivity contribution in [3.05, 3.63) is 0 Å². The van der Waals surface area contributed by atoms with Crippen LogP contribution in [0.4, 0.5) is 0 Å². The van der Waals surface area contributed by atoms with E-state index in [2.05, 4.69) is 31.4 Å². The Balaban J connectivity index is 2.02. The van der Waals surface area contributed by atoms with Crippen molar-refractivity contribution in [2.24, 2.45) is 11.3 Å². The molecule has 2 atom stereocenters. The zero-order chi connectivity index (χ0) is 15.0. The number of hydrogen-bond acceptors (Lipinski definition) is 3. The van der Waals surface area contributed by atoms with Crippen LogP contribution in [-0.2, 0) is 9.59 Å². The highest BCUT2D eigenvalue weighted by atomic mass is 16.3. The summed E-state index contributed by atoms with van der Waals surface area (Å²) >= 11 is 0. The van der Waals surface area contributed by atoms with Crippen molar-refractivity contribution in [1.29, 1.82) is 0 Å². The summed E-state index contributed by atoms with van der Waals surface area (Å²) in [5.74, 6) is -0.773. The summed E-state index contributed by atoms with van der Waals surface area (Å²) in [5.41, 5.74) is -0.611. The number of nitrogens with one attached hydrogen (secondary N) is 2. The predicted molar refractivity (Wildman–Crippen MR) is 75.9 cm³/mol. The minimum atomic E-state index is -0.668. The molecular weight excluding hydrogens is 256 g/mol. The SMILES string of the molecule is C[C@@H]1CC(C)(C)C[C@](CO)(NC(=O)C(=O)NC2CC2)C1. The third kappa shape index (κ3) is 3.72. The second kappa shape index (κ2) is 5.35. The number of amides is 2. The molecule has 2 fully saturated rings. The Labute approximate surface area is 120 Å². The summed E-state index contributed by atoms with van der Waals surface area (Å²) in [7, 11) is 0. The van der Waals surface area contributed by atoms with E-state index in [9.17, 15) is 14.7 Å². The number of hydrogen-bond donors (Lipinski definition) is 3. The molecule has 5 heteroatoms. The normalized spacial score (nSPS) is 32.5. The van der Waals surface area contributed by atoms with Crippen LogP contribution in [0.2, 0.25) is 0 Å². The van der Waals surface area contributed by atoms with Gasteiger partial charge in [-0.25, -0.2) is 0 Å². The highest BCUT2D eigenvalue weighted by Gasteiger charge is 2.44. The van der Waals surface area contributed by atoms with Gasteiger partial charge in [-0.3, -0.25) is 9.59 Å². The maximum atomic E-state index is 12.0. The van der Waals surface area contributed by atoms with Crippen LogP contribution in [0.25, 0.3) is 0 Å². The van der Waals surface area contributed by atoms with Crippen LogP contribution in [0.5, 0.6) is 0 Å². The van der Waals surface area contributed by atoms with Gasteiger partial charge in [-0.05, 0) is 43.4 Å².